The lowest BCUT2D eigenvalue weighted by molar-refractivity contribution is -0.131. The molecule has 0 saturated heterocycles. The van der Waals surface area contributed by atoms with Crippen molar-refractivity contribution in [2.75, 3.05) is 33.4 Å². The van der Waals surface area contributed by atoms with E-state index in [1.165, 1.54) is 13.2 Å². The molecule has 0 spiro atoms. The first kappa shape index (κ1) is 26.6. The molecule has 1 aromatic carbocycles. The van der Waals surface area contributed by atoms with Crippen molar-refractivity contribution in [1.82, 2.24) is 21.3 Å². The van der Waals surface area contributed by atoms with Gasteiger partial charge in [0.1, 0.15) is 24.4 Å². The molecule has 1 aliphatic heterocycles. The van der Waals surface area contributed by atoms with Crippen molar-refractivity contribution in [3.63, 3.8) is 0 Å². The van der Waals surface area contributed by atoms with Crippen molar-refractivity contribution in [3.8, 4) is 5.75 Å². The fraction of sp³-hybridized carbons (Fsp3) is 0.500. The molecule has 2 rings (SSSR count). The van der Waals surface area contributed by atoms with Crippen LogP contribution in [0.2, 0.25) is 0 Å². The Morgan fingerprint density at radius 1 is 1.21 bits per heavy atom. The average molecular weight is 478 g/mol. The Kier molecular flexibility index (Phi) is 10.8. The highest BCUT2D eigenvalue weighted by Gasteiger charge is 2.28. The Morgan fingerprint density at radius 3 is 2.71 bits per heavy atom. The molecular formula is C22H31N5O7. The van der Waals surface area contributed by atoms with E-state index in [4.69, 9.17) is 15.2 Å². The number of carbonyl (C=O) groups excluding carboxylic acids is 5. The third-order valence-electron chi connectivity index (χ3n) is 4.96. The summed E-state index contributed by atoms with van der Waals surface area (Å²) in [6.07, 6.45) is -0.0222. The number of methoxy groups -OCH3 is 1. The molecule has 0 aromatic heterocycles. The molecule has 6 N–H and O–H groups in total. The number of rotatable bonds is 8. The van der Waals surface area contributed by atoms with Crippen molar-refractivity contribution in [1.29, 1.82) is 0 Å². The quantitative estimate of drug-likeness (QED) is 0.285. The molecular weight excluding hydrogens is 446 g/mol. The lowest BCUT2D eigenvalue weighted by Crippen LogP contribution is -2.52. The van der Waals surface area contributed by atoms with E-state index in [1.807, 2.05) is 0 Å². The monoisotopic (exact) mass is 477 g/mol. The van der Waals surface area contributed by atoms with Crippen LogP contribution in [0.3, 0.4) is 0 Å². The van der Waals surface area contributed by atoms with E-state index in [2.05, 4.69) is 21.3 Å². The lowest BCUT2D eigenvalue weighted by atomic mass is 10.1. The maximum absolute atomic E-state index is 12.9. The molecule has 34 heavy (non-hydrogen) atoms. The number of carbonyl (C=O) groups is 5. The van der Waals surface area contributed by atoms with Crippen LogP contribution in [0, 0.1) is 0 Å². The predicted molar refractivity (Wildman–Crippen MR) is 121 cm³/mol. The van der Waals surface area contributed by atoms with Crippen LogP contribution in [0.5, 0.6) is 5.75 Å². The zero-order chi connectivity index (χ0) is 24.9. The highest BCUT2D eigenvalue weighted by Crippen LogP contribution is 2.18. The average Bonchev–Trinajstić information content (AvgIpc) is 2.81. The van der Waals surface area contributed by atoms with Gasteiger partial charge in [0.25, 0.3) is 5.91 Å². The second-order valence-corrected chi connectivity index (χ2v) is 7.63. The van der Waals surface area contributed by atoms with Gasteiger partial charge in [-0.25, -0.2) is 0 Å². The van der Waals surface area contributed by atoms with E-state index in [0.717, 1.165) is 0 Å². The van der Waals surface area contributed by atoms with Gasteiger partial charge in [-0.2, -0.15) is 0 Å². The molecule has 0 bridgehead atoms. The van der Waals surface area contributed by atoms with E-state index in [-0.39, 0.29) is 43.9 Å². The number of nitrogens with one attached hydrogen (secondary N) is 4. The summed E-state index contributed by atoms with van der Waals surface area (Å²) in [6, 6.07) is 4.18. The Bertz CT molecular complexity index is 892. The predicted octanol–water partition coefficient (Wildman–Crippen LogP) is -1.41. The van der Waals surface area contributed by atoms with Crippen molar-refractivity contribution in [3.05, 3.63) is 29.8 Å². The van der Waals surface area contributed by atoms with Crippen molar-refractivity contribution < 1.29 is 33.4 Å². The van der Waals surface area contributed by atoms with Gasteiger partial charge in [-0.3, -0.25) is 24.0 Å². The maximum Gasteiger partial charge on any atom is 0.255 e. The summed E-state index contributed by atoms with van der Waals surface area (Å²) in [4.78, 5) is 62.1. The largest absolute Gasteiger partial charge is 0.491 e. The van der Waals surface area contributed by atoms with Crippen LogP contribution in [-0.4, -0.2) is 75.0 Å². The molecule has 0 aliphatic carbocycles. The number of nitrogens with two attached hydrogens (primary N) is 1. The molecule has 0 saturated carbocycles. The number of para-hydroxylation sites is 1. The zero-order valence-corrected chi connectivity index (χ0v) is 19.1. The summed E-state index contributed by atoms with van der Waals surface area (Å²) < 4.78 is 10.6. The van der Waals surface area contributed by atoms with Gasteiger partial charge < -0.3 is 36.5 Å². The van der Waals surface area contributed by atoms with Crippen LogP contribution in [0.25, 0.3) is 0 Å². The minimum Gasteiger partial charge on any atom is -0.491 e. The Balaban J connectivity index is 2.25. The van der Waals surface area contributed by atoms with Crippen molar-refractivity contribution in [2.45, 2.75) is 37.8 Å². The minimum atomic E-state index is -1.22. The number of ether oxygens (including phenoxy) is 2. The molecule has 1 heterocycles. The molecule has 186 valence electrons. The Morgan fingerprint density at radius 2 is 1.97 bits per heavy atom. The van der Waals surface area contributed by atoms with Crippen LogP contribution < -0.4 is 31.7 Å². The zero-order valence-electron chi connectivity index (χ0n) is 19.1. The first-order valence-corrected chi connectivity index (χ1v) is 11.0. The number of hydrogen-bond acceptors (Lipinski definition) is 7. The van der Waals surface area contributed by atoms with Crippen LogP contribution in [0.4, 0.5) is 0 Å². The maximum atomic E-state index is 12.9. The minimum absolute atomic E-state index is 0.0170. The van der Waals surface area contributed by atoms with Crippen LogP contribution in [0.1, 0.15) is 36.0 Å². The van der Waals surface area contributed by atoms with Gasteiger partial charge in [0.05, 0.1) is 18.5 Å². The van der Waals surface area contributed by atoms with Gasteiger partial charge in [0, 0.05) is 26.7 Å². The van der Waals surface area contributed by atoms with E-state index in [9.17, 15) is 24.0 Å². The topological polar surface area (TPSA) is 178 Å². The van der Waals surface area contributed by atoms with Crippen LogP contribution in [0.15, 0.2) is 24.3 Å². The first-order chi connectivity index (χ1) is 16.3. The summed E-state index contributed by atoms with van der Waals surface area (Å²) in [7, 11) is 1.54. The fourth-order valence-corrected chi connectivity index (χ4v) is 3.23. The molecule has 12 nitrogen and oxygen atoms in total. The van der Waals surface area contributed by atoms with E-state index >= 15 is 0 Å². The third-order valence-corrected chi connectivity index (χ3v) is 4.96. The van der Waals surface area contributed by atoms with E-state index in [1.54, 1.807) is 18.2 Å². The van der Waals surface area contributed by atoms with Crippen LogP contribution in [-0.2, 0) is 23.9 Å². The lowest BCUT2D eigenvalue weighted by Gasteiger charge is -2.23. The van der Waals surface area contributed by atoms with Crippen LogP contribution >= 0.6 is 0 Å². The SMILES string of the molecule is COCCCNC(=O)[C@@H]1CC(=O)N[C@@H](CCC(N)=O)C(=O)NCCOc2ccccc2C(=O)N1. The molecule has 5 amide bonds. The molecule has 0 unspecified atom stereocenters. The fourth-order valence-electron chi connectivity index (χ4n) is 3.23. The Labute approximate surface area is 197 Å². The smallest absolute Gasteiger partial charge is 0.255 e. The van der Waals surface area contributed by atoms with Gasteiger partial charge in [0.2, 0.25) is 23.6 Å². The summed E-state index contributed by atoms with van der Waals surface area (Å²) in [5, 5.41) is 10.4. The van der Waals surface area contributed by atoms with Gasteiger partial charge >= 0.3 is 0 Å². The molecule has 1 aromatic rings. The third kappa shape index (κ3) is 8.70. The summed E-state index contributed by atoms with van der Waals surface area (Å²) in [5.41, 5.74) is 5.36. The van der Waals surface area contributed by atoms with Crippen molar-refractivity contribution in [2.24, 2.45) is 5.73 Å². The summed E-state index contributed by atoms with van der Waals surface area (Å²) in [5.74, 6) is -2.69. The molecule has 12 heteroatoms. The highest BCUT2D eigenvalue weighted by atomic mass is 16.5. The first-order valence-electron chi connectivity index (χ1n) is 11.0. The summed E-state index contributed by atoms with van der Waals surface area (Å²) >= 11 is 0. The number of primary amides is 1. The highest BCUT2D eigenvalue weighted by molar-refractivity contribution is 6.01. The molecule has 2 atom stereocenters. The van der Waals surface area contributed by atoms with Gasteiger partial charge in [-0.1, -0.05) is 12.1 Å². The normalized spacial score (nSPS) is 19.4. The number of amides is 5. The second-order valence-electron chi connectivity index (χ2n) is 7.63. The number of fused-ring (bicyclic) bond motifs is 1. The Hall–Kier alpha value is -3.67. The molecule has 0 fully saturated rings. The van der Waals surface area contributed by atoms with Crippen molar-refractivity contribution >= 4 is 29.5 Å². The van der Waals surface area contributed by atoms with Gasteiger partial charge in [-0.05, 0) is 25.0 Å². The van der Waals surface area contributed by atoms with E-state index < -0.39 is 48.0 Å². The molecule has 0 radical (unpaired) electrons. The number of hydrogen-bond donors (Lipinski definition) is 5. The van der Waals surface area contributed by atoms with Gasteiger partial charge in [0.15, 0.2) is 0 Å². The molecule has 1 aliphatic rings. The summed E-state index contributed by atoms with van der Waals surface area (Å²) in [6.45, 7) is 0.864. The van der Waals surface area contributed by atoms with E-state index in [0.29, 0.717) is 13.0 Å². The van der Waals surface area contributed by atoms with Gasteiger partial charge in [-0.15, -0.1) is 0 Å². The number of benzene rings is 1. The standard InChI is InChI=1S/C22H31N5O7/c1-33-11-4-9-24-22(32)16-13-19(29)26-15(7-8-18(23)28)21(31)25-10-12-34-17-6-3-2-5-14(17)20(30)27-16/h2-3,5-6,15-16H,4,7-13H2,1H3,(H2,23,28)(H,24,32)(H,25,31)(H,26,29)(H,27,30)/t15-,16-/m0/s1. The second kappa shape index (κ2) is 13.8.